The zero-order valence-electron chi connectivity index (χ0n) is 8.55. The van der Waals surface area contributed by atoms with Gasteiger partial charge in [0, 0.05) is 11.4 Å². The van der Waals surface area contributed by atoms with Crippen LogP contribution in [0.1, 0.15) is 39.0 Å². The summed E-state index contributed by atoms with van der Waals surface area (Å²) in [5, 5.41) is 0. The van der Waals surface area contributed by atoms with Crippen molar-refractivity contribution in [1.82, 2.24) is 4.72 Å². The van der Waals surface area contributed by atoms with Crippen LogP contribution in [-0.2, 0) is 10.0 Å². The van der Waals surface area contributed by atoms with E-state index in [0.29, 0.717) is 12.3 Å². The van der Waals surface area contributed by atoms with E-state index >= 15 is 0 Å². The quantitative estimate of drug-likeness (QED) is 0.745. The van der Waals surface area contributed by atoms with Crippen LogP contribution in [0.3, 0.4) is 0 Å². The number of nitrogens with one attached hydrogen (secondary N) is 1. The Bertz CT molecular complexity index is 271. The van der Waals surface area contributed by atoms with Gasteiger partial charge in [0.1, 0.15) is 0 Å². The molecule has 0 bridgehead atoms. The van der Waals surface area contributed by atoms with E-state index in [9.17, 15) is 8.42 Å². The predicted molar refractivity (Wildman–Crippen MR) is 59.1 cm³/mol. The molecule has 5 heteroatoms. The van der Waals surface area contributed by atoms with Gasteiger partial charge in [0.2, 0.25) is 10.0 Å². The Morgan fingerprint density at radius 1 is 1.36 bits per heavy atom. The van der Waals surface area contributed by atoms with Gasteiger partial charge in [-0.2, -0.15) is 0 Å². The molecule has 0 saturated heterocycles. The average Bonchev–Trinajstić information content (AvgIpc) is 2.47. The lowest BCUT2D eigenvalue weighted by Crippen LogP contribution is -2.44. The minimum atomic E-state index is -3.12. The van der Waals surface area contributed by atoms with Gasteiger partial charge in [-0.25, -0.2) is 13.1 Å². The maximum Gasteiger partial charge on any atom is 0.212 e. The fourth-order valence-electron chi connectivity index (χ4n) is 1.93. The Morgan fingerprint density at radius 3 is 2.43 bits per heavy atom. The topological polar surface area (TPSA) is 46.2 Å². The third kappa shape index (κ3) is 3.75. The van der Waals surface area contributed by atoms with Crippen LogP contribution in [0.2, 0.25) is 0 Å². The van der Waals surface area contributed by atoms with Crippen LogP contribution in [0, 0.1) is 0 Å². The van der Waals surface area contributed by atoms with Crippen molar-refractivity contribution in [3.05, 3.63) is 0 Å². The molecule has 1 aliphatic carbocycles. The molecule has 0 spiro atoms. The van der Waals surface area contributed by atoms with Crippen molar-refractivity contribution in [1.29, 1.82) is 0 Å². The maximum absolute atomic E-state index is 11.6. The summed E-state index contributed by atoms with van der Waals surface area (Å²) in [6.45, 7) is 1.98. The zero-order valence-corrected chi connectivity index (χ0v) is 10.1. The fraction of sp³-hybridized carbons (Fsp3) is 1.00. The van der Waals surface area contributed by atoms with Crippen LogP contribution >= 0.6 is 11.6 Å². The average molecular weight is 240 g/mol. The summed E-state index contributed by atoms with van der Waals surface area (Å²) in [5.74, 6) is 0.545. The van der Waals surface area contributed by atoms with E-state index in [1.165, 1.54) is 0 Å². The molecule has 0 aromatic heterocycles. The molecule has 0 radical (unpaired) electrons. The van der Waals surface area contributed by atoms with Crippen molar-refractivity contribution >= 4 is 21.6 Å². The minimum absolute atomic E-state index is 0.145. The van der Waals surface area contributed by atoms with E-state index in [-0.39, 0.29) is 11.3 Å². The fourth-order valence-corrected chi connectivity index (χ4v) is 3.80. The minimum Gasteiger partial charge on any atom is -0.212 e. The van der Waals surface area contributed by atoms with Gasteiger partial charge in [-0.05, 0) is 26.2 Å². The number of hydrogen-bond acceptors (Lipinski definition) is 2. The highest BCUT2D eigenvalue weighted by Gasteiger charge is 2.32. The molecule has 0 amide bonds. The summed E-state index contributed by atoms with van der Waals surface area (Å²) in [5.41, 5.74) is -0.203. The number of rotatable bonds is 5. The largest absolute Gasteiger partial charge is 0.212 e. The number of alkyl halides is 1. The van der Waals surface area contributed by atoms with Gasteiger partial charge in [0.25, 0.3) is 0 Å². The Labute approximate surface area is 91.3 Å². The van der Waals surface area contributed by atoms with Crippen LogP contribution in [-0.4, -0.2) is 25.6 Å². The molecule has 0 aromatic rings. The normalized spacial score (nSPS) is 21.3. The molecular weight excluding hydrogens is 222 g/mol. The van der Waals surface area contributed by atoms with E-state index in [4.69, 9.17) is 11.6 Å². The molecule has 1 saturated carbocycles. The van der Waals surface area contributed by atoms with Gasteiger partial charge in [0.05, 0.1) is 5.75 Å². The van der Waals surface area contributed by atoms with Gasteiger partial charge >= 0.3 is 0 Å². The summed E-state index contributed by atoms with van der Waals surface area (Å²) in [4.78, 5) is 0. The van der Waals surface area contributed by atoms with E-state index < -0.39 is 10.0 Å². The molecule has 1 aliphatic rings. The van der Waals surface area contributed by atoms with E-state index in [1.807, 2.05) is 6.92 Å². The second-order valence-electron chi connectivity index (χ2n) is 4.23. The molecule has 1 N–H and O–H groups in total. The molecule has 1 rings (SSSR count). The van der Waals surface area contributed by atoms with Gasteiger partial charge in [-0.3, -0.25) is 0 Å². The van der Waals surface area contributed by atoms with Crippen molar-refractivity contribution in [2.45, 2.75) is 44.6 Å². The summed E-state index contributed by atoms with van der Waals surface area (Å²) in [6, 6.07) is 0. The number of sulfonamides is 1. The summed E-state index contributed by atoms with van der Waals surface area (Å²) in [7, 11) is -3.12. The van der Waals surface area contributed by atoms with Gasteiger partial charge in [0.15, 0.2) is 0 Å². The first-order valence-electron chi connectivity index (χ1n) is 5.05. The van der Waals surface area contributed by atoms with Crippen molar-refractivity contribution in [2.75, 3.05) is 11.6 Å². The molecule has 0 aromatic carbocycles. The van der Waals surface area contributed by atoms with Crippen LogP contribution in [0.4, 0.5) is 0 Å². The lowest BCUT2D eigenvalue weighted by atomic mass is 10.0. The first-order valence-corrected chi connectivity index (χ1v) is 7.24. The first kappa shape index (κ1) is 12.3. The number of halogens is 1. The van der Waals surface area contributed by atoms with Gasteiger partial charge in [-0.1, -0.05) is 12.8 Å². The highest BCUT2D eigenvalue weighted by atomic mass is 35.5. The smallest absolute Gasteiger partial charge is 0.212 e. The van der Waals surface area contributed by atoms with E-state index in [2.05, 4.69) is 4.72 Å². The molecule has 0 unspecified atom stereocenters. The van der Waals surface area contributed by atoms with Crippen LogP contribution in [0.15, 0.2) is 0 Å². The van der Waals surface area contributed by atoms with Crippen LogP contribution in [0.5, 0.6) is 0 Å². The Balaban J connectivity index is 2.49. The summed E-state index contributed by atoms with van der Waals surface area (Å²) < 4.78 is 25.9. The second-order valence-corrected chi connectivity index (χ2v) is 6.45. The second kappa shape index (κ2) is 4.81. The van der Waals surface area contributed by atoms with Crippen molar-refractivity contribution in [3.63, 3.8) is 0 Å². The van der Waals surface area contributed by atoms with Crippen LogP contribution < -0.4 is 4.72 Å². The van der Waals surface area contributed by atoms with E-state index in [0.717, 1.165) is 25.7 Å². The van der Waals surface area contributed by atoms with E-state index in [1.54, 1.807) is 0 Å². The van der Waals surface area contributed by atoms with Gasteiger partial charge in [-0.15, -0.1) is 11.6 Å². The van der Waals surface area contributed by atoms with Crippen molar-refractivity contribution in [3.8, 4) is 0 Å². The lowest BCUT2D eigenvalue weighted by molar-refractivity contribution is 0.427. The molecule has 14 heavy (non-hydrogen) atoms. The third-order valence-corrected chi connectivity index (χ3v) is 4.55. The molecule has 0 aliphatic heterocycles. The summed E-state index contributed by atoms with van der Waals surface area (Å²) >= 11 is 5.47. The van der Waals surface area contributed by atoms with Crippen molar-refractivity contribution in [2.24, 2.45) is 0 Å². The highest BCUT2D eigenvalue weighted by molar-refractivity contribution is 7.89. The zero-order chi connectivity index (χ0) is 10.7. The molecular formula is C9H18ClNO2S. The molecule has 0 heterocycles. The van der Waals surface area contributed by atoms with Gasteiger partial charge < -0.3 is 0 Å². The standard InChI is InChI=1S/C9H18ClNO2S/c1-9(5-2-3-6-9)11-14(12,13)8-4-7-10/h11H,2-8H2,1H3. The number of hydrogen-bond donors (Lipinski definition) is 1. The Morgan fingerprint density at radius 2 is 1.93 bits per heavy atom. The Hall–Kier alpha value is 0.200. The maximum atomic E-state index is 11.6. The monoisotopic (exact) mass is 239 g/mol. The van der Waals surface area contributed by atoms with Crippen LogP contribution in [0.25, 0.3) is 0 Å². The molecule has 0 atom stereocenters. The SMILES string of the molecule is CC1(NS(=O)(=O)CCCCl)CCCC1. The first-order chi connectivity index (χ1) is 6.47. The Kier molecular flexibility index (Phi) is 4.22. The summed E-state index contributed by atoms with van der Waals surface area (Å²) in [6.07, 6.45) is 4.66. The molecule has 3 nitrogen and oxygen atoms in total. The highest BCUT2D eigenvalue weighted by Crippen LogP contribution is 2.29. The third-order valence-electron chi connectivity index (χ3n) is 2.66. The molecule has 84 valence electrons. The lowest BCUT2D eigenvalue weighted by Gasteiger charge is -2.24. The predicted octanol–water partition coefficient (Wildman–Crippen LogP) is 1.87. The molecule has 1 fully saturated rings. The van der Waals surface area contributed by atoms with Crippen molar-refractivity contribution < 1.29 is 8.42 Å².